The summed E-state index contributed by atoms with van der Waals surface area (Å²) in [6.45, 7) is 1.54. The van der Waals surface area contributed by atoms with Gasteiger partial charge in [0.05, 0.1) is 13.5 Å². The van der Waals surface area contributed by atoms with Gasteiger partial charge in [-0.2, -0.15) is 0 Å². The molecule has 8 heteroatoms. The second kappa shape index (κ2) is 7.28. The Hall–Kier alpha value is -2.35. The quantitative estimate of drug-likeness (QED) is 0.820. The summed E-state index contributed by atoms with van der Waals surface area (Å²) in [5.41, 5.74) is 1.63. The molecule has 1 N–H and O–H groups in total. The Morgan fingerprint density at radius 3 is 2.52 bits per heavy atom. The van der Waals surface area contributed by atoms with Gasteiger partial charge in [0.2, 0.25) is 11.8 Å². The van der Waals surface area contributed by atoms with E-state index in [1.165, 1.54) is 7.11 Å². The van der Waals surface area contributed by atoms with Gasteiger partial charge >= 0.3 is 5.97 Å². The SMILES string of the molecule is COC(=O)C[C@@H]1SC(=O)N(CC(=O)Nc2ccc(C)cc2)C1=O. The number of carbonyl (C=O) groups is 4. The number of hydrogen-bond acceptors (Lipinski definition) is 6. The molecule has 1 saturated heterocycles. The number of rotatable bonds is 5. The minimum absolute atomic E-state index is 0.193. The standard InChI is InChI=1S/C15H16N2O5S/c1-9-3-5-10(6-4-9)16-12(18)8-17-14(20)11(23-15(17)21)7-13(19)22-2/h3-6,11H,7-8H2,1-2H3,(H,16,18)/t11-/m0/s1. The number of anilines is 1. The van der Waals surface area contributed by atoms with E-state index in [0.717, 1.165) is 22.2 Å². The first-order chi connectivity index (χ1) is 10.9. The number of benzene rings is 1. The minimum atomic E-state index is -0.831. The van der Waals surface area contributed by atoms with E-state index in [4.69, 9.17) is 0 Å². The van der Waals surface area contributed by atoms with Crippen molar-refractivity contribution in [1.82, 2.24) is 4.90 Å². The van der Waals surface area contributed by atoms with Crippen LogP contribution >= 0.6 is 11.8 Å². The summed E-state index contributed by atoms with van der Waals surface area (Å²) >= 11 is 0.732. The smallest absolute Gasteiger partial charge is 0.307 e. The van der Waals surface area contributed by atoms with E-state index >= 15 is 0 Å². The molecule has 1 aliphatic heterocycles. The van der Waals surface area contributed by atoms with Gasteiger partial charge in [-0.25, -0.2) is 0 Å². The van der Waals surface area contributed by atoms with Gasteiger partial charge in [0, 0.05) is 5.69 Å². The van der Waals surface area contributed by atoms with E-state index < -0.39 is 28.3 Å². The lowest BCUT2D eigenvalue weighted by molar-refractivity contribution is -0.142. The molecule has 1 atom stereocenters. The Bertz CT molecular complexity index is 644. The first kappa shape index (κ1) is 17.0. The van der Waals surface area contributed by atoms with Gasteiger partial charge < -0.3 is 10.1 Å². The van der Waals surface area contributed by atoms with E-state index in [1.54, 1.807) is 12.1 Å². The first-order valence-electron chi connectivity index (χ1n) is 6.86. The maximum Gasteiger partial charge on any atom is 0.307 e. The number of methoxy groups -OCH3 is 1. The fourth-order valence-corrected chi connectivity index (χ4v) is 2.96. The average molecular weight is 336 g/mol. The summed E-state index contributed by atoms with van der Waals surface area (Å²) in [4.78, 5) is 48.0. The first-order valence-corrected chi connectivity index (χ1v) is 7.74. The lowest BCUT2D eigenvalue weighted by Crippen LogP contribution is -2.38. The third kappa shape index (κ3) is 4.32. The number of nitrogens with zero attached hydrogens (tertiary/aromatic N) is 1. The lowest BCUT2D eigenvalue weighted by Gasteiger charge is -2.13. The topological polar surface area (TPSA) is 92.8 Å². The minimum Gasteiger partial charge on any atom is -0.469 e. The molecule has 7 nitrogen and oxygen atoms in total. The third-order valence-corrected chi connectivity index (χ3v) is 4.30. The normalized spacial score (nSPS) is 17.3. The van der Waals surface area contributed by atoms with Crippen LogP contribution in [-0.4, -0.2) is 46.8 Å². The molecule has 0 aromatic heterocycles. The summed E-state index contributed by atoms with van der Waals surface area (Å²) in [6.07, 6.45) is -0.193. The van der Waals surface area contributed by atoms with Crippen molar-refractivity contribution in [3.8, 4) is 0 Å². The monoisotopic (exact) mass is 336 g/mol. The lowest BCUT2D eigenvalue weighted by atomic mass is 10.2. The van der Waals surface area contributed by atoms with E-state index in [9.17, 15) is 19.2 Å². The highest BCUT2D eigenvalue weighted by Gasteiger charge is 2.41. The molecule has 0 radical (unpaired) electrons. The van der Waals surface area contributed by atoms with E-state index in [0.29, 0.717) is 5.69 Å². The van der Waals surface area contributed by atoms with Gasteiger partial charge in [-0.05, 0) is 19.1 Å². The molecule has 0 unspecified atom stereocenters. The molecule has 2 rings (SSSR count). The van der Waals surface area contributed by atoms with Crippen LogP contribution in [0, 0.1) is 6.92 Å². The fraction of sp³-hybridized carbons (Fsp3) is 0.333. The molecule has 0 aliphatic carbocycles. The van der Waals surface area contributed by atoms with Gasteiger partial charge in [0.15, 0.2) is 0 Å². The fourth-order valence-electron chi connectivity index (χ4n) is 1.99. The third-order valence-electron chi connectivity index (χ3n) is 3.22. The highest BCUT2D eigenvalue weighted by atomic mass is 32.2. The maximum absolute atomic E-state index is 12.1. The van der Waals surface area contributed by atoms with Crippen molar-refractivity contribution in [1.29, 1.82) is 0 Å². The van der Waals surface area contributed by atoms with Crippen LogP contribution in [0.4, 0.5) is 10.5 Å². The molecule has 0 saturated carbocycles. The number of carbonyl (C=O) groups excluding carboxylic acids is 4. The number of amides is 3. The van der Waals surface area contributed by atoms with Gasteiger partial charge in [0.1, 0.15) is 11.8 Å². The van der Waals surface area contributed by atoms with Crippen molar-refractivity contribution < 1.29 is 23.9 Å². The molecule has 1 aromatic rings. The largest absolute Gasteiger partial charge is 0.469 e. The maximum atomic E-state index is 12.1. The summed E-state index contributed by atoms with van der Waals surface area (Å²) in [7, 11) is 1.21. The molecule has 3 amide bonds. The summed E-state index contributed by atoms with van der Waals surface area (Å²) < 4.78 is 4.49. The van der Waals surface area contributed by atoms with Crippen LogP contribution in [-0.2, 0) is 19.1 Å². The Morgan fingerprint density at radius 1 is 1.26 bits per heavy atom. The van der Waals surface area contributed by atoms with Gasteiger partial charge in [-0.15, -0.1) is 0 Å². The van der Waals surface area contributed by atoms with Crippen molar-refractivity contribution in [2.45, 2.75) is 18.6 Å². The Morgan fingerprint density at radius 2 is 1.91 bits per heavy atom. The number of imide groups is 1. The molecule has 1 aliphatic rings. The predicted molar refractivity (Wildman–Crippen MR) is 84.9 cm³/mol. The second-order valence-electron chi connectivity index (χ2n) is 4.99. The molecule has 1 fully saturated rings. The van der Waals surface area contributed by atoms with E-state index in [-0.39, 0.29) is 13.0 Å². The van der Waals surface area contributed by atoms with Crippen molar-refractivity contribution in [2.75, 3.05) is 19.0 Å². The van der Waals surface area contributed by atoms with Crippen LogP contribution < -0.4 is 5.32 Å². The zero-order valence-corrected chi connectivity index (χ0v) is 13.5. The van der Waals surface area contributed by atoms with Crippen molar-refractivity contribution in [2.24, 2.45) is 0 Å². The average Bonchev–Trinajstić information content (AvgIpc) is 2.77. The highest BCUT2D eigenvalue weighted by Crippen LogP contribution is 2.29. The van der Waals surface area contributed by atoms with Gasteiger partial charge in [0.25, 0.3) is 5.24 Å². The van der Waals surface area contributed by atoms with Crippen molar-refractivity contribution in [3.05, 3.63) is 29.8 Å². The molecule has 23 heavy (non-hydrogen) atoms. The second-order valence-corrected chi connectivity index (χ2v) is 6.15. The number of ether oxygens (including phenoxy) is 1. The van der Waals surface area contributed by atoms with Gasteiger partial charge in [-0.1, -0.05) is 29.5 Å². The van der Waals surface area contributed by atoms with E-state index in [1.807, 2.05) is 19.1 Å². The molecule has 122 valence electrons. The molecular formula is C15H16N2O5S. The molecule has 0 bridgehead atoms. The Labute approximate surface area is 137 Å². The molecule has 1 aromatic carbocycles. The van der Waals surface area contributed by atoms with Crippen LogP contribution in [0.5, 0.6) is 0 Å². The van der Waals surface area contributed by atoms with Crippen molar-refractivity contribution >= 4 is 40.5 Å². The number of nitrogens with one attached hydrogen (secondary N) is 1. The molecule has 0 spiro atoms. The number of hydrogen-bond donors (Lipinski definition) is 1. The van der Waals surface area contributed by atoms with Crippen LogP contribution in [0.2, 0.25) is 0 Å². The molecule has 1 heterocycles. The number of esters is 1. The van der Waals surface area contributed by atoms with Crippen LogP contribution in [0.3, 0.4) is 0 Å². The zero-order valence-electron chi connectivity index (χ0n) is 12.7. The van der Waals surface area contributed by atoms with Crippen LogP contribution in [0.25, 0.3) is 0 Å². The highest BCUT2D eigenvalue weighted by molar-refractivity contribution is 8.15. The summed E-state index contributed by atoms with van der Waals surface area (Å²) in [5.74, 6) is -1.60. The summed E-state index contributed by atoms with van der Waals surface area (Å²) in [5, 5.41) is 1.25. The van der Waals surface area contributed by atoms with Crippen LogP contribution in [0.1, 0.15) is 12.0 Å². The molecular weight excluding hydrogens is 320 g/mol. The Kier molecular flexibility index (Phi) is 5.38. The Balaban J connectivity index is 1.95. The number of thioether (sulfide) groups is 1. The predicted octanol–water partition coefficient (Wildman–Crippen LogP) is 1.56. The van der Waals surface area contributed by atoms with Crippen molar-refractivity contribution in [3.63, 3.8) is 0 Å². The summed E-state index contributed by atoms with van der Waals surface area (Å²) in [6, 6.07) is 7.14. The zero-order chi connectivity index (χ0) is 17.0. The van der Waals surface area contributed by atoms with Crippen LogP contribution in [0.15, 0.2) is 24.3 Å². The van der Waals surface area contributed by atoms with Gasteiger partial charge in [-0.3, -0.25) is 24.1 Å². The number of aryl methyl sites for hydroxylation is 1. The van der Waals surface area contributed by atoms with E-state index in [2.05, 4.69) is 10.1 Å².